The molecule has 0 atom stereocenters. The SMILES string of the molecule is Cc1ccccc1-n1c(SCC(=O)N/N=C\c2ccccc2)nc2ccccc2c1=O. The molecule has 1 amide bonds. The molecule has 3 aromatic carbocycles. The lowest BCUT2D eigenvalue weighted by atomic mass is 10.2. The molecule has 4 aromatic rings. The molecule has 31 heavy (non-hydrogen) atoms. The van der Waals surface area contributed by atoms with Crippen molar-refractivity contribution in [3.63, 3.8) is 0 Å². The van der Waals surface area contributed by atoms with E-state index >= 15 is 0 Å². The zero-order chi connectivity index (χ0) is 21.6. The summed E-state index contributed by atoms with van der Waals surface area (Å²) in [6, 6.07) is 24.3. The lowest BCUT2D eigenvalue weighted by Gasteiger charge is -2.14. The van der Waals surface area contributed by atoms with Gasteiger partial charge in [-0.05, 0) is 36.2 Å². The molecule has 0 radical (unpaired) electrons. The molecule has 0 unspecified atom stereocenters. The molecule has 0 aliphatic rings. The first-order valence-electron chi connectivity index (χ1n) is 9.71. The summed E-state index contributed by atoms with van der Waals surface area (Å²) in [6.07, 6.45) is 1.58. The van der Waals surface area contributed by atoms with Crippen molar-refractivity contribution in [2.75, 3.05) is 5.75 Å². The van der Waals surface area contributed by atoms with Crippen molar-refractivity contribution in [2.45, 2.75) is 12.1 Å². The first kappa shape index (κ1) is 20.6. The number of para-hydroxylation sites is 2. The Labute approximate surface area is 183 Å². The number of aryl methyl sites for hydroxylation is 1. The number of hydrogen-bond acceptors (Lipinski definition) is 5. The molecular formula is C24H20N4O2S. The summed E-state index contributed by atoms with van der Waals surface area (Å²) in [4.78, 5) is 30.2. The minimum Gasteiger partial charge on any atom is -0.272 e. The van der Waals surface area contributed by atoms with Gasteiger partial charge in [-0.25, -0.2) is 10.4 Å². The number of carbonyl (C=O) groups excluding carboxylic acids is 1. The monoisotopic (exact) mass is 428 g/mol. The van der Waals surface area contributed by atoms with Crippen molar-refractivity contribution < 1.29 is 4.79 Å². The fourth-order valence-corrected chi connectivity index (χ4v) is 3.91. The zero-order valence-electron chi connectivity index (χ0n) is 16.9. The Bertz CT molecular complexity index is 1320. The van der Waals surface area contributed by atoms with Crippen LogP contribution in [0.15, 0.2) is 93.9 Å². The summed E-state index contributed by atoms with van der Waals surface area (Å²) in [5.41, 5.74) is 5.54. The molecule has 1 heterocycles. The topological polar surface area (TPSA) is 76.3 Å². The summed E-state index contributed by atoms with van der Waals surface area (Å²) < 4.78 is 1.57. The van der Waals surface area contributed by atoms with Gasteiger partial charge in [-0.15, -0.1) is 0 Å². The van der Waals surface area contributed by atoms with Crippen LogP contribution in [0.2, 0.25) is 0 Å². The van der Waals surface area contributed by atoms with Gasteiger partial charge in [0, 0.05) is 0 Å². The molecule has 0 aliphatic carbocycles. The van der Waals surface area contributed by atoms with Gasteiger partial charge in [-0.3, -0.25) is 14.2 Å². The first-order valence-corrected chi connectivity index (χ1v) is 10.7. The van der Waals surface area contributed by atoms with Crippen LogP contribution < -0.4 is 11.0 Å². The van der Waals surface area contributed by atoms with Gasteiger partial charge in [0.15, 0.2) is 5.16 Å². The summed E-state index contributed by atoms with van der Waals surface area (Å²) in [5, 5.41) is 4.98. The van der Waals surface area contributed by atoms with E-state index in [1.165, 1.54) is 11.8 Å². The second-order valence-electron chi connectivity index (χ2n) is 6.83. The summed E-state index contributed by atoms with van der Waals surface area (Å²) in [5.74, 6) is -0.209. The molecule has 0 saturated heterocycles. The predicted octanol–water partition coefficient (Wildman–Crippen LogP) is 3.94. The highest BCUT2D eigenvalue weighted by Crippen LogP contribution is 2.22. The third-order valence-corrected chi connectivity index (χ3v) is 5.57. The maximum atomic E-state index is 13.3. The number of nitrogens with zero attached hydrogens (tertiary/aromatic N) is 3. The number of carbonyl (C=O) groups is 1. The molecule has 0 saturated carbocycles. The lowest BCUT2D eigenvalue weighted by Crippen LogP contribution is -2.24. The number of aromatic nitrogens is 2. The van der Waals surface area contributed by atoms with Gasteiger partial charge in [0.2, 0.25) is 0 Å². The van der Waals surface area contributed by atoms with Crippen LogP contribution in [-0.4, -0.2) is 27.4 Å². The highest BCUT2D eigenvalue weighted by atomic mass is 32.2. The molecule has 4 rings (SSSR count). The van der Waals surface area contributed by atoms with Gasteiger partial charge in [0.25, 0.3) is 11.5 Å². The Morgan fingerprint density at radius 2 is 1.74 bits per heavy atom. The predicted molar refractivity (Wildman–Crippen MR) is 125 cm³/mol. The first-order chi connectivity index (χ1) is 15.1. The van der Waals surface area contributed by atoms with Crippen LogP contribution in [0.25, 0.3) is 16.6 Å². The standard InChI is InChI=1S/C24H20N4O2S/c1-17-9-5-8-14-21(17)28-23(30)19-12-6-7-13-20(19)26-24(28)31-16-22(29)27-25-15-18-10-3-2-4-11-18/h2-15H,16H2,1H3,(H,27,29)/b25-15-. The minimum absolute atomic E-state index is 0.0722. The summed E-state index contributed by atoms with van der Waals surface area (Å²) >= 11 is 1.20. The molecule has 7 heteroatoms. The third-order valence-electron chi connectivity index (χ3n) is 4.64. The molecule has 0 fully saturated rings. The average Bonchev–Trinajstić information content (AvgIpc) is 2.79. The number of nitrogens with one attached hydrogen (secondary N) is 1. The Kier molecular flexibility index (Phi) is 6.24. The summed E-state index contributed by atoms with van der Waals surface area (Å²) in [7, 11) is 0. The maximum Gasteiger partial charge on any atom is 0.266 e. The molecule has 1 aromatic heterocycles. The van der Waals surface area contributed by atoms with Crippen molar-refractivity contribution in [2.24, 2.45) is 5.10 Å². The Morgan fingerprint density at radius 3 is 2.55 bits per heavy atom. The van der Waals surface area contributed by atoms with E-state index in [0.29, 0.717) is 16.1 Å². The number of hydrogen-bond donors (Lipinski definition) is 1. The Balaban J connectivity index is 1.60. The van der Waals surface area contributed by atoms with Crippen molar-refractivity contribution in [3.8, 4) is 5.69 Å². The van der Waals surface area contributed by atoms with Gasteiger partial charge >= 0.3 is 0 Å². The van der Waals surface area contributed by atoms with Gasteiger partial charge in [-0.1, -0.05) is 72.4 Å². The van der Waals surface area contributed by atoms with Crippen LogP contribution in [0, 0.1) is 6.92 Å². The van der Waals surface area contributed by atoms with Crippen molar-refractivity contribution >= 4 is 34.8 Å². The lowest BCUT2D eigenvalue weighted by molar-refractivity contribution is -0.118. The van der Waals surface area contributed by atoms with Crippen molar-refractivity contribution in [1.82, 2.24) is 15.0 Å². The normalized spacial score (nSPS) is 11.1. The highest BCUT2D eigenvalue weighted by Gasteiger charge is 2.15. The molecule has 1 N–H and O–H groups in total. The van der Waals surface area contributed by atoms with Gasteiger partial charge in [0.05, 0.1) is 28.6 Å². The van der Waals surface area contributed by atoms with Crippen LogP contribution in [-0.2, 0) is 4.79 Å². The van der Waals surface area contributed by atoms with Gasteiger partial charge < -0.3 is 0 Å². The fourth-order valence-electron chi connectivity index (χ4n) is 3.12. The number of thioether (sulfide) groups is 1. The molecule has 6 nitrogen and oxygen atoms in total. The van der Waals surface area contributed by atoms with E-state index in [9.17, 15) is 9.59 Å². The maximum absolute atomic E-state index is 13.3. The van der Waals surface area contributed by atoms with E-state index in [-0.39, 0.29) is 17.2 Å². The van der Waals surface area contributed by atoms with Crippen LogP contribution in [0.1, 0.15) is 11.1 Å². The Hall–Kier alpha value is -3.71. The third kappa shape index (κ3) is 4.73. The van der Waals surface area contributed by atoms with Crippen LogP contribution >= 0.6 is 11.8 Å². The van der Waals surface area contributed by atoms with Crippen LogP contribution in [0.5, 0.6) is 0 Å². The average molecular weight is 429 g/mol. The van der Waals surface area contributed by atoms with Gasteiger partial charge in [-0.2, -0.15) is 5.10 Å². The van der Waals surface area contributed by atoms with Crippen LogP contribution in [0.4, 0.5) is 0 Å². The quantitative estimate of drug-likeness (QED) is 0.218. The largest absolute Gasteiger partial charge is 0.272 e. The van der Waals surface area contributed by atoms with Gasteiger partial charge in [0.1, 0.15) is 0 Å². The number of rotatable bonds is 6. The summed E-state index contributed by atoms with van der Waals surface area (Å²) in [6.45, 7) is 1.94. The van der Waals surface area contributed by atoms with E-state index in [4.69, 9.17) is 0 Å². The number of fused-ring (bicyclic) bond motifs is 1. The molecular weight excluding hydrogens is 408 g/mol. The number of hydrazone groups is 1. The molecule has 0 aliphatic heterocycles. The molecule has 0 bridgehead atoms. The molecule has 0 spiro atoms. The van der Waals surface area contributed by atoms with E-state index in [2.05, 4.69) is 15.5 Å². The van der Waals surface area contributed by atoms with E-state index < -0.39 is 0 Å². The fraction of sp³-hybridized carbons (Fsp3) is 0.0833. The van der Waals surface area contributed by atoms with E-state index in [1.807, 2.05) is 73.7 Å². The molecule has 154 valence electrons. The zero-order valence-corrected chi connectivity index (χ0v) is 17.7. The minimum atomic E-state index is -0.282. The smallest absolute Gasteiger partial charge is 0.266 e. The number of amides is 1. The van der Waals surface area contributed by atoms with Crippen LogP contribution in [0.3, 0.4) is 0 Å². The number of benzene rings is 3. The second-order valence-corrected chi connectivity index (χ2v) is 7.77. The van der Waals surface area contributed by atoms with Crippen molar-refractivity contribution in [3.05, 3.63) is 100 Å². The van der Waals surface area contributed by atoms with Crippen molar-refractivity contribution in [1.29, 1.82) is 0 Å². The highest BCUT2D eigenvalue weighted by molar-refractivity contribution is 7.99. The Morgan fingerprint density at radius 1 is 1.03 bits per heavy atom. The van der Waals surface area contributed by atoms with E-state index in [0.717, 1.165) is 16.8 Å². The van der Waals surface area contributed by atoms with E-state index in [1.54, 1.807) is 22.9 Å². The second kappa shape index (κ2) is 9.40.